The fraction of sp³-hybridized carbons (Fsp3) is 0.333. The van der Waals surface area contributed by atoms with Gasteiger partial charge in [-0.05, 0) is 34.3 Å². The molecule has 1 fully saturated rings. The van der Waals surface area contributed by atoms with E-state index in [1.807, 2.05) is 6.07 Å². The summed E-state index contributed by atoms with van der Waals surface area (Å²) >= 11 is 3.39. The zero-order valence-corrected chi connectivity index (χ0v) is 12.9. The summed E-state index contributed by atoms with van der Waals surface area (Å²) in [5.41, 5.74) is 1.32. The molecule has 0 amide bonds. The average Bonchev–Trinajstić information content (AvgIpc) is 2.98. The SMILES string of the molecule is COc1nc(N2CCCC2c2ccccc2)ncc1Br. The van der Waals surface area contributed by atoms with E-state index in [2.05, 4.69) is 55.1 Å². The van der Waals surface area contributed by atoms with Gasteiger partial charge in [-0.3, -0.25) is 0 Å². The Morgan fingerprint density at radius 1 is 1.30 bits per heavy atom. The van der Waals surface area contributed by atoms with E-state index in [0.29, 0.717) is 11.9 Å². The summed E-state index contributed by atoms with van der Waals surface area (Å²) in [5.74, 6) is 1.31. The number of nitrogens with zero attached hydrogens (tertiary/aromatic N) is 3. The third kappa shape index (κ3) is 2.50. The molecule has 104 valence electrons. The standard InChI is InChI=1S/C15H16BrN3O/c1-20-14-12(16)10-17-15(18-14)19-9-5-8-13(19)11-6-3-2-4-7-11/h2-4,6-7,10,13H,5,8-9H2,1H3. The van der Waals surface area contributed by atoms with E-state index in [0.717, 1.165) is 29.8 Å². The van der Waals surface area contributed by atoms with Gasteiger partial charge >= 0.3 is 0 Å². The minimum atomic E-state index is 0.349. The predicted molar refractivity (Wildman–Crippen MR) is 82.0 cm³/mol. The number of ether oxygens (including phenoxy) is 1. The largest absolute Gasteiger partial charge is 0.480 e. The van der Waals surface area contributed by atoms with Crippen LogP contribution in [-0.4, -0.2) is 23.6 Å². The lowest BCUT2D eigenvalue weighted by Crippen LogP contribution is -2.24. The van der Waals surface area contributed by atoms with Crippen LogP contribution >= 0.6 is 15.9 Å². The van der Waals surface area contributed by atoms with Gasteiger partial charge in [-0.1, -0.05) is 30.3 Å². The van der Waals surface area contributed by atoms with Crippen LogP contribution < -0.4 is 9.64 Å². The van der Waals surface area contributed by atoms with Crippen LogP contribution in [0.5, 0.6) is 5.88 Å². The van der Waals surface area contributed by atoms with Crippen LogP contribution in [0.2, 0.25) is 0 Å². The summed E-state index contributed by atoms with van der Waals surface area (Å²) in [7, 11) is 1.62. The van der Waals surface area contributed by atoms with E-state index in [4.69, 9.17) is 4.74 Å². The van der Waals surface area contributed by atoms with Crippen molar-refractivity contribution in [2.75, 3.05) is 18.6 Å². The summed E-state index contributed by atoms with van der Waals surface area (Å²) in [6.07, 6.45) is 4.04. The van der Waals surface area contributed by atoms with Crippen LogP contribution in [0, 0.1) is 0 Å². The first-order valence-corrected chi connectivity index (χ1v) is 7.47. The number of aromatic nitrogens is 2. The minimum Gasteiger partial charge on any atom is -0.480 e. The van der Waals surface area contributed by atoms with Gasteiger partial charge in [0, 0.05) is 6.54 Å². The Kier molecular flexibility index (Phi) is 3.87. The van der Waals surface area contributed by atoms with Crippen LogP contribution in [0.25, 0.3) is 0 Å². The predicted octanol–water partition coefficient (Wildman–Crippen LogP) is 3.59. The molecule has 1 aromatic heterocycles. The molecular weight excluding hydrogens is 318 g/mol. The van der Waals surface area contributed by atoms with Crippen molar-refractivity contribution >= 4 is 21.9 Å². The molecule has 1 aromatic carbocycles. The topological polar surface area (TPSA) is 38.2 Å². The highest BCUT2D eigenvalue weighted by Gasteiger charge is 2.28. The number of benzene rings is 1. The number of rotatable bonds is 3. The highest BCUT2D eigenvalue weighted by Crippen LogP contribution is 2.35. The molecule has 0 spiro atoms. The van der Waals surface area contributed by atoms with Gasteiger partial charge in [-0.25, -0.2) is 4.98 Å². The molecule has 0 bridgehead atoms. The number of anilines is 1. The highest BCUT2D eigenvalue weighted by molar-refractivity contribution is 9.10. The lowest BCUT2D eigenvalue weighted by molar-refractivity contribution is 0.393. The second-order valence-corrected chi connectivity index (χ2v) is 5.64. The van der Waals surface area contributed by atoms with Crippen molar-refractivity contribution in [3.8, 4) is 5.88 Å². The Morgan fingerprint density at radius 2 is 2.10 bits per heavy atom. The molecule has 4 nitrogen and oxygen atoms in total. The van der Waals surface area contributed by atoms with E-state index in [1.54, 1.807) is 13.3 Å². The lowest BCUT2D eigenvalue weighted by atomic mass is 10.1. The molecular formula is C15H16BrN3O. The Morgan fingerprint density at radius 3 is 2.85 bits per heavy atom. The molecule has 0 N–H and O–H groups in total. The minimum absolute atomic E-state index is 0.349. The van der Waals surface area contributed by atoms with Gasteiger partial charge in [0.05, 0.1) is 23.8 Å². The Hall–Kier alpha value is -1.62. The molecule has 1 atom stereocenters. The molecule has 1 saturated heterocycles. The summed E-state index contributed by atoms with van der Waals surface area (Å²) in [4.78, 5) is 11.2. The van der Waals surface area contributed by atoms with Gasteiger partial charge in [-0.15, -0.1) is 0 Å². The second kappa shape index (κ2) is 5.79. The van der Waals surface area contributed by atoms with Gasteiger partial charge in [-0.2, -0.15) is 4.98 Å². The van der Waals surface area contributed by atoms with Gasteiger partial charge in [0.1, 0.15) is 0 Å². The maximum Gasteiger partial charge on any atom is 0.232 e. The van der Waals surface area contributed by atoms with Crippen LogP contribution in [0.3, 0.4) is 0 Å². The van der Waals surface area contributed by atoms with E-state index < -0.39 is 0 Å². The van der Waals surface area contributed by atoms with Crippen LogP contribution in [0.1, 0.15) is 24.4 Å². The first-order valence-electron chi connectivity index (χ1n) is 6.67. The van der Waals surface area contributed by atoms with Gasteiger partial charge in [0.25, 0.3) is 0 Å². The van der Waals surface area contributed by atoms with Gasteiger partial charge < -0.3 is 9.64 Å². The molecule has 20 heavy (non-hydrogen) atoms. The van der Waals surface area contributed by atoms with E-state index >= 15 is 0 Å². The number of hydrogen-bond donors (Lipinski definition) is 0. The molecule has 2 heterocycles. The summed E-state index contributed by atoms with van der Waals surface area (Å²) in [5, 5.41) is 0. The normalized spacial score (nSPS) is 18.3. The Balaban J connectivity index is 1.93. The molecule has 0 aliphatic carbocycles. The smallest absolute Gasteiger partial charge is 0.232 e. The quantitative estimate of drug-likeness (QED) is 0.860. The number of halogens is 1. The van der Waals surface area contributed by atoms with Crippen molar-refractivity contribution in [1.82, 2.24) is 9.97 Å². The lowest BCUT2D eigenvalue weighted by Gasteiger charge is -2.25. The maximum absolute atomic E-state index is 5.26. The molecule has 1 unspecified atom stereocenters. The fourth-order valence-corrected chi connectivity index (χ4v) is 3.00. The highest BCUT2D eigenvalue weighted by atomic mass is 79.9. The van der Waals surface area contributed by atoms with Crippen molar-refractivity contribution in [2.24, 2.45) is 0 Å². The third-order valence-corrected chi connectivity index (χ3v) is 4.13. The van der Waals surface area contributed by atoms with Crippen molar-refractivity contribution in [2.45, 2.75) is 18.9 Å². The third-order valence-electron chi connectivity index (χ3n) is 3.59. The number of hydrogen-bond acceptors (Lipinski definition) is 4. The van der Waals surface area contributed by atoms with Gasteiger partial charge in [0.15, 0.2) is 0 Å². The first kappa shape index (κ1) is 13.4. The maximum atomic E-state index is 5.26. The first-order chi connectivity index (χ1) is 9.79. The van der Waals surface area contributed by atoms with Gasteiger partial charge in [0.2, 0.25) is 11.8 Å². The fourth-order valence-electron chi connectivity index (χ4n) is 2.65. The van der Waals surface area contributed by atoms with Crippen LogP contribution in [0.4, 0.5) is 5.95 Å². The molecule has 3 rings (SSSR count). The van der Waals surface area contributed by atoms with Crippen molar-refractivity contribution in [3.05, 3.63) is 46.6 Å². The molecule has 2 aromatic rings. The molecule has 0 saturated carbocycles. The van der Waals surface area contributed by atoms with Crippen molar-refractivity contribution < 1.29 is 4.74 Å². The summed E-state index contributed by atoms with van der Waals surface area (Å²) in [6.45, 7) is 0.977. The molecule has 0 radical (unpaired) electrons. The summed E-state index contributed by atoms with van der Waals surface area (Å²) in [6, 6.07) is 10.9. The molecule has 1 aliphatic heterocycles. The molecule has 1 aliphatic rings. The Bertz CT molecular complexity index is 591. The molecule has 5 heteroatoms. The Labute approximate surface area is 126 Å². The monoisotopic (exact) mass is 333 g/mol. The van der Waals surface area contributed by atoms with E-state index in [9.17, 15) is 0 Å². The number of methoxy groups -OCH3 is 1. The zero-order chi connectivity index (χ0) is 13.9. The van der Waals surface area contributed by atoms with Crippen LogP contribution in [-0.2, 0) is 0 Å². The van der Waals surface area contributed by atoms with Crippen molar-refractivity contribution in [3.63, 3.8) is 0 Å². The summed E-state index contributed by atoms with van der Waals surface area (Å²) < 4.78 is 6.04. The van der Waals surface area contributed by atoms with Crippen molar-refractivity contribution in [1.29, 1.82) is 0 Å². The van der Waals surface area contributed by atoms with E-state index in [1.165, 1.54) is 5.56 Å². The second-order valence-electron chi connectivity index (χ2n) is 4.79. The average molecular weight is 334 g/mol. The zero-order valence-electron chi connectivity index (χ0n) is 11.3. The van der Waals surface area contributed by atoms with E-state index in [-0.39, 0.29) is 0 Å². The van der Waals surface area contributed by atoms with Crippen LogP contribution in [0.15, 0.2) is 41.0 Å².